The van der Waals surface area contributed by atoms with Gasteiger partial charge in [0.05, 0.1) is 6.54 Å². The average Bonchev–Trinajstić information content (AvgIpc) is 2.98. The van der Waals surface area contributed by atoms with Crippen LogP contribution in [0.4, 0.5) is 13.2 Å². The molecule has 1 saturated heterocycles. The van der Waals surface area contributed by atoms with Crippen molar-refractivity contribution in [2.45, 2.75) is 51.4 Å². The van der Waals surface area contributed by atoms with Gasteiger partial charge in [-0.1, -0.05) is 6.92 Å². The van der Waals surface area contributed by atoms with Crippen LogP contribution in [0.25, 0.3) is 0 Å². The highest BCUT2D eigenvalue weighted by molar-refractivity contribution is 5.94. The van der Waals surface area contributed by atoms with Crippen LogP contribution in [0.2, 0.25) is 0 Å². The Morgan fingerprint density at radius 2 is 1.96 bits per heavy atom. The smallest absolute Gasteiger partial charge is 0.335 e. The third kappa shape index (κ3) is 4.82. The number of carbonyl (C=O) groups is 1. The van der Waals surface area contributed by atoms with Crippen LogP contribution in [-0.4, -0.2) is 77.5 Å². The molecule has 1 N–H and O–H groups in total. The third-order valence-electron chi connectivity index (χ3n) is 5.37. The van der Waals surface area contributed by atoms with E-state index in [4.69, 9.17) is 0 Å². The predicted molar refractivity (Wildman–Crippen MR) is 95.8 cm³/mol. The fourth-order valence-electron chi connectivity index (χ4n) is 3.85. The maximum absolute atomic E-state index is 13.1. The molecule has 0 aromatic carbocycles. The minimum Gasteiger partial charge on any atom is -0.335 e. The lowest BCUT2D eigenvalue weighted by Crippen LogP contribution is -2.47. The van der Waals surface area contributed by atoms with Crippen LogP contribution in [0.5, 0.6) is 0 Å². The Morgan fingerprint density at radius 3 is 2.59 bits per heavy atom. The number of hydrogen-bond acceptors (Lipinski definition) is 4. The van der Waals surface area contributed by atoms with Gasteiger partial charge in [-0.25, -0.2) is 0 Å². The van der Waals surface area contributed by atoms with Gasteiger partial charge >= 0.3 is 6.18 Å². The molecule has 1 atom stereocenters. The van der Waals surface area contributed by atoms with E-state index in [1.807, 2.05) is 23.6 Å². The van der Waals surface area contributed by atoms with Gasteiger partial charge in [0.25, 0.3) is 5.91 Å². The van der Waals surface area contributed by atoms with Gasteiger partial charge in [-0.15, -0.1) is 0 Å². The Morgan fingerprint density at radius 1 is 1.26 bits per heavy atom. The summed E-state index contributed by atoms with van der Waals surface area (Å²) in [5, 5.41) is 7.18. The monoisotopic (exact) mass is 387 g/mol. The lowest BCUT2D eigenvalue weighted by Gasteiger charge is -2.32. The van der Waals surface area contributed by atoms with Crippen molar-refractivity contribution >= 4 is 5.91 Å². The number of amides is 1. The van der Waals surface area contributed by atoms with Crippen LogP contribution < -0.4 is 5.32 Å². The minimum absolute atomic E-state index is 0.0920. The van der Waals surface area contributed by atoms with E-state index in [-0.39, 0.29) is 11.9 Å². The second kappa shape index (κ2) is 8.18. The van der Waals surface area contributed by atoms with E-state index >= 15 is 0 Å². The van der Waals surface area contributed by atoms with Crippen molar-refractivity contribution in [1.82, 2.24) is 24.9 Å². The van der Waals surface area contributed by atoms with E-state index < -0.39 is 12.7 Å². The molecule has 3 rings (SSSR count). The van der Waals surface area contributed by atoms with E-state index in [2.05, 4.69) is 15.3 Å². The summed E-state index contributed by atoms with van der Waals surface area (Å²) in [6.45, 7) is 4.71. The fraction of sp³-hybridized carbons (Fsp3) is 0.778. The first-order valence-electron chi connectivity index (χ1n) is 9.65. The molecule has 0 saturated carbocycles. The van der Waals surface area contributed by atoms with Gasteiger partial charge in [0.15, 0.2) is 5.69 Å². The summed E-state index contributed by atoms with van der Waals surface area (Å²) < 4.78 is 39.5. The molecule has 0 spiro atoms. The number of aromatic nitrogens is 2. The van der Waals surface area contributed by atoms with Gasteiger partial charge in [-0.05, 0) is 32.7 Å². The van der Waals surface area contributed by atoms with Crippen LogP contribution in [0.3, 0.4) is 0 Å². The van der Waals surface area contributed by atoms with E-state index in [0.29, 0.717) is 38.0 Å². The van der Waals surface area contributed by atoms with Gasteiger partial charge in [-0.3, -0.25) is 9.48 Å². The molecule has 0 bridgehead atoms. The quantitative estimate of drug-likeness (QED) is 0.836. The summed E-state index contributed by atoms with van der Waals surface area (Å²) in [6.07, 6.45) is -1.64. The zero-order valence-electron chi connectivity index (χ0n) is 16.0. The molecule has 9 heteroatoms. The molecular weight excluding hydrogens is 359 g/mol. The highest BCUT2D eigenvalue weighted by Crippen LogP contribution is 2.27. The second-order valence-electron chi connectivity index (χ2n) is 7.53. The Balaban J connectivity index is 1.79. The van der Waals surface area contributed by atoms with Crippen molar-refractivity contribution < 1.29 is 18.0 Å². The number of likely N-dealkylation sites (N-methyl/N-ethyl adjacent to an activating group) is 1. The van der Waals surface area contributed by atoms with Gasteiger partial charge in [0, 0.05) is 50.0 Å². The third-order valence-corrected chi connectivity index (χ3v) is 5.37. The van der Waals surface area contributed by atoms with Crippen molar-refractivity contribution in [2.24, 2.45) is 0 Å². The van der Waals surface area contributed by atoms with Crippen molar-refractivity contribution in [2.75, 3.05) is 39.8 Å². The second-order valence-corrected chi connectivity index (χ2v) is 7.53. The van der Waals surface area contributed by atoms with Gasteiger partial charge in [0.1, 0.15) is 0 Å². The largest absolute Gasteiger partial charge is 0.401 e. The first-order chi connectivity index (χ1) is 12.8. The summed E-state index contributed by atoms with van der Waals surface area (Å²) in [5.74, 6) is -0.0920. The molecule has 0 radical (unpaired) electrons. The zero-order chi connectivity index (χ0) is 19.6. The summed E-state index contributed by atoms with van der Waals surface area (Å²) in [5.41, 5.74) is 2.28. The number of nitrogens with zero attached hydrogens (tertiary/aromatic N) is 4. The summed E-state index contributed by atoms with van der Waals surface area (Å²) in [7, 11) is 2.02. The number of halogens is 3. The van der Waals surface area contributed by atoms with E-state index in [9.17, 15) is 18.0 Å². The number of alkyl halides is 3. The topological polar surface area (TPSA) is 53.4 Å². The Hall–Kier alpha value is -1.61. The molecular formula is C18H28F3N5O. The molecule has 1 aliphatic carbocycles. The van der Waals surface area contributed by atoms with Crippen molar-refractivity contribution in [3.63, 3.8) is 0 Å². The summed E-state index contributed by atoms with van der Waals surface area (Å²) in [4.78, 5) is 17.0. The average molecular weight is 387 g/mol. The van der Waals surface area contributed by atoms with E-state index in [1.165, 1.54) is 0 Å². The molecule has 27 heavy (non-hydrogen) atoms. The zero-order valence-corrected chi connectivity index (χ0v) is 16.0. The van der Waals surface area contributed by atoms with Gasteiger partial charge in [-0.2, -0.15) is 18.3 Å². The van der Waals surface area contributed by atoms with Gasteiger partial charge in [0.2, 0.25) is 0 Å². The van der Waals surface area contributed by atoms with Crippen LogP contribution in [0, 0.1) is 0 Å². The van der Waals surface area contributed by atoms with E-state index in [0.717, 1.165) is 37.3 Å². The molecule has 2 aliphatic rings. The standard InChI is InChI=1S/C18H28F3N5O/c1-3-6-26-15-5-4-13(22-12-18(19,20)21)11-14(15)16(23-26)17(27)25-9-7-24(2)8-10-25/h13,22H,3-12H2,1-2H3. The predicted octanol–water partition coefficient (Wildman–Crippen LogP) is 1.69. The highest BCUT2D eigenvalue weighted by atomic mass is 19.4. The maximum atomic E-state index is 13.1. The number of carbonyl (C=O) groups excluding carboxylic acids is 1. The highest BCUT2D eigenvalue weighted by Gasteiger charge is 2.34. The summed E-state index contributed by atoms with van der Waals surface area (Å²) in [6, 6.07) is -0.280. The van der Waals surface area contributed by atoms with Crippen molar-refractivity contribution in [1.29, 1.82) is 0 Å². The van der Waals surface area contributed by atoms with E-state index in [1.54, 1.807) is 0 Å². The molecule has 1 fully saturated rings. The minimum atomic E-state index is -4.23. The molecule has 152 valence electrons. The Labute approximate surface area is 157 Å². The molecule has 2 heterocycles. The molecule has 1 aliphatic heterocycles. The lowest BCUT2D eigenvalue weighted by atomic mass is 9.91. The molecule has 1 unspecified atom stereocenters. The maximum Gasteiger partial charge on any atom is 0.401 e. The summed E-state index contributed by atoms with van der Waals surface area (Å²) >= 11 is 0. The Kier molecular flexibility index (Phi) is 6.10. The lowest BCUT2D eigenvalue weighted by molar-refractivity contribution is -0.126. The van der Waals surface area contributed by atoms with Gasteiger partial charge < -0.3 is 15.1 Å². The number of aryl methyl sites for hydroxylation is 1. The molecule has 6 nitrogen and oxygen atoms in total. The number of rotatable bonds is 5. The van der Waals surface area contributed by atoms with Crippen molar-refractivity contribution in [3.8, 4) is 0 Å². The first kappa shape index (κ1) is 20.1. The Bertz CT molecular complexity index is 665. The number of piperazine rings is 1. The fourth-order valence-corrected chi connectivity index (χ4v) is 3.85. The normalized spacial score (nSPS) is 21.4. The SMILES string of the molecule is CCCn1nc(C(=O)N2CCN(C)CC2)c2c1CCC(NCC(F)(F)F)C2. The number of hydrogen-bond donors (Lipinski definition) is 1. The molecule has 1 aromatic rings. The first-order valence-corrected chi connectivity index (χ1v) is 9.65. The van der Waals surface area contributed by atoms with Crippen LogP contribution in [0.1, 0.15) is 41.5 Å². The molecule has 1 amide bonds. The van der Waals surface area contributed by atoms with Crippen molar-refractivity contribution in [3.05, 3.63) is 17.0 Å². The van der Waals surface area contributed by atoms with Crippen LogP contribution >= 0.6 is 0 Å². The molecule has 1 aromatic heterocycles. The van der Waals surface area contributed by atoms with Crippen LogP contribution in [0.15, 0.2) is 0 Å². The number of nitrogens with one attached hydrogen (secondary N) is 1. The van der Waals surface area contributed by atoms with Crippen LogP contribution in [-0.2, 0) is 19.4 Å². The number of fused-ring (bicyclic) bond motifs is 1.